The standard InChI is InChI=1S/C11H19NO2/c1-10(2)9-14-7-6-12-5-3-4-11(12)8-13/h3-5,10,13H,6-9H2,1-2H3. The molecule has 0 saturated carbocycles. The van der Waals surface area contributed by atoms with Crippen LogP contribution in [-0.2, 0) is 17.9 Å². The van der Waals surface area contributed by atoms with Gasteiger partial charge in [-0.2, -0.15) is 0 Å². The zero-order chi connectivity index (χ0) is 10.4. The van der Waals surface area contributed by atoms with Crippen LogP contribution in [0.1, 0.15) is 19.5 Å². The maximum atomic E-state index is 8.99. The number of hydrogen-bond donors (Lipinski definition) is 1. The SMILES string of the molecule is CC(C)COCCn1cccc1CO. The van der Waals surface area contributed by atoms with Crippen molar-refractivity contribution in [2.45, 2.75) is 27.0 Å². The molecule has 3 nitrogen and oxygen atoms in total. The van der Waals surface area contributed by atoms with Gasteiger partial charge in [-0.15, -0.1) is 0 Å². The number of rotatable bonds is 6. The highest BCUT2D eigenvalue weighted by Gasteiger charge is 1.99. The lowest BCUT2D eigenvalue weighted by molar-refractivity contribution is 0.102. The van der Waals surface area contributed by atoms with Gasteiger partial charge in [0.15, 0.2) is 0 Å². The minimum absolute atomic E-state index is 0.0944. The highest BCUT2D eigenvalue weighted by Crippen LogP contribution is 2.02. The van der Waals surface area contributed by atoms with Crippen molar-refractivity contribution in [3.63, 3.8) is 0 Å². The van der Waals surface area contributed by atoms with Crippen LogP contribution in [0.2, 0.25) is 0 Å². The Morgan fingerprint density at radius 1 is 1.50 bits per heavy atom. The monoisotopic (exact) mass is 197 g/mol. The minimum atomic E-state index is 0.0944. The molecule has 3 heteroatoms. The Kier molecular flexibility index (Phi) is 4.70. The van der Waals surface area contributed by atoms with Crippen LogP contribution < -0.4 is 0 Å². The second kappa shape index (κ2) is 5.83. The van der Waals surface area contributed by atoms with Gasteiger partial charge in [-0.3, -0.25) is 0 Å². The summed E-state index contributed by atoms with van der Waals surface area (Å²) in [7, 11) is 0. The molecule has 1 rings (SSSR count). The molecule has 14 heavy (non-hydrogen) atoms. The van der Waals surface area contributed by atoms with Crippen LogP contribution in [-0.4, -0.2) is 22.9 Å². The molecule has 0 amide bonds. The van der Waals surface area contributed by atoms with Crippen LogP contribution >= 0.6 is 0 Å². The number of hydrogen-bond acceptors (Lipinski definition) is 2. The minimum Gasteiger partial charge on any atom is -0.390 e. The van der Waals surface area contributed by atoms with E-state index in [1.54, 1.807) is 0 Å². The molecule has 0 spiro atoms. The normalized spacial score (nSPS) is 11.1. The van der Waals surface area contributed by atoms with Crippen LogP contribution in [0.4, 0.5) is 0 Å². The van der Waals surface area contributed by atoms with Gasteiger partial charge in [-0.25, -0.2) is 0 Å². The Hall–Kier alpha value is -0.800. The first-order valence-electron chi connectivity index (χ1n) is 5.06. The van der Waals surface area contributed by atoms with Gasteiger partial charge >= 0.3 is 0 Å². The van der Waals surface area contributed by atoms with E-state index in [1.807, 2.05) is 22.9 Å². The molecule has 0 saturated heterocycles. The molecule has 0 bridgehead atoms. The average molecular weight is 197 g/mol. The largest absolute Gasteiger partial charge is 0.390 e. The second-order valence-electron chi connectivity index (χ2n) is 3.82. The zero-order valence-corrected chi connectivity index (χ0v) is 8.94. The van der Waals surface area contributed by atoms with Crippen LogP contribution in [0, 0.1) is 5.92 Å². The summed E-state index contributed by atoms with van der Waals surface area (Å²) in [4.78, 5) is 0. The fourth-order valence-corrected chi connectivity index (χ4v) is 1.29. The quantitative estimate of drug-likeness (QED) is 0.704. The fraction of sp³-hybridized carbons (Fsp3) is 0.636. The van der Waals surface area contributed by atoms with Crippen molar-refractivity contribution in [2.75, 3.05) is 13.2 Å². The second-order valence-corrected chi connectivity index (χ2v) is 3.82. The molecule has 0 unspecified atom stereocenters. The third kappa shape index (κ3) is 3.52. The van der Waals surface area contributed by atoms with E-state index in [0.717, 1.165) is 18.8 Å². The molecule has 0 fully saturated rings. The number of nitrogens with zero attached hydrogens (tertiary/aromatic N) is 1. The molecule has 0 aliphatic heterocycles. The lowest BCUT2D eigenvalue weighted by Crippen LogP contribution is -2.10. The molecule has 1 aromatic rings. The van der Waals surface area contributed by atoms with Gasteiger partial charge in [0.1, 0.15) is 0 Å². The van der Waals surface area contributed by atoms with E-state index < -0.39 is 0 Å². The van der Waals surface area contributed by atoms with Gasteiger partial charge in [0.2, 0.25) is 0 Å². The first kappa shape index (κ1) is 11.3. The highest BCUT2D eigenvalue weighted by atomic mass is 16.5. The molecule has 0 aliphatic rings. The summed E-state index contributed by atoms with van der Waals surface area (Å²) < 4.78 is 7.48. The van der Waals surface area contributed by atoms with Gasteiger partial charge in [-0.05, 0) is 18.1 Å². The van der Waals surface area contributed by atoms with E-state index in [1.165, 1.54) is 0 Å². The van der Waals surface area contributed by atoms with Crippen molar-refractivity contribution in [1.29, 1.82) is 0 Å². The van der Waals surface area contributed by atoms with Crippen LogP contribution in [0.3, 0.4) is 0 Å². The molecular weight excluding hydrogens is 178 g/mol. The molecule has 80 valence electrons. The van der Waals surface area contributed by atoms with Gasteiger partial charge in [0.25, 0.3) is 0 Å². The zero-order valence-electron chi connectivity index (χ0n) is 8.94. The predicted octanol–water partition coefficient (Wildman–Crippen LogP) is 1.65. The molecule has 1 heterocycles. The highest BCUT2D eigenvalue weighted by molar-refractivity contribution is 5.05. The Bertz CT molecular complexity index is 256. The first-order valence-corrected chi connectivity index (χ1v) is 5.06. The summed E-state index contributed by atoms with van der Waals surface area (Å²) in [5, 5.41) is 8.99. The molecular formula is C11H19NO2. The number of aliphatic hydroxyl groups excluding tert-OH is 1. The summed E-state index contributed by atoms with van der Waals surface area (Å²) >= 11 is 0. The number of aromatic nitrogens is 1. The van der Waals surface area contributed by atoms with Crippen molar-refractivity contribution in [1.82, 2.24) is 4.57 Å². The molecule has 0 radical (unpaired) electrons. The molecule has 1 aromatic heterocycles. The molecule has 0 aliphatic carbocycles. The van der Waals surface area contributed by atoms with Gasteiger partial charge in [-0.1, -0.05) is 13.8 Å². The summed E-state index contributed by atoms with van der Waals surface area (Å²) in [6.07, 6.45) is 1.96. The van der Waals surface area contributed by atoms with E-state index >= 15 is 0 Å². The average Bonchev–Trinajstić information content (AvgIpc) is 2.59. The number of ether oxygens (including phenoxy) is 1. The van der Waals surface area contributed by atoms with E-state index in [0.29, 0.717) is 12.5 Å². The van der Waals surface area contributed by atoms with Gasteiger partial charge in [0, 0.05) is 25.0 Å². The van der Waals surface area contributed by atoms with Crippen molar-refractivity contribution in [3.8, 4) is 0 Å². The fourth-order valence-electron chi connectivity index (χ4n) is 1.29. The Morgan fingerprint density at radius 3 is 2.93 bits per heavy atom. The first-order chi connectivity index (χ1) is 6.74. The van der Waals surface area contributed by atoms with Crippen LogP contribution in [0.15, 0.2) is 18.3 Å². The van der Waals surface area contributed by atoms with Crippen molar-refractivity contribution in [2.24, 2.45) is 5.92 Å². The smallest absolute Gasteiger partial charge is 0.0832 e. The van der Waals surface area contributed by atoms with Crippen molar-refractivity contribution < 1.29 is 9.84 Å². The third-order valence-electron chi connectivity index (χ3n) is 2.01. The van der Waals surface area contributed by atoms with Crippen molar-refractivity contribution in [3.05, 3.63) is 24.0 Å². The maximum Gasteiger partial charge on any atom is 0.0832 e. The predicted molar refractivity (Wildman–Crippen MR) is 56.0 cm³/mol. The Balaban J connectivity index is 2.24. The van der Waals surface area contributed by atoms with Crippen LogP contribution in [0.5, 0.6) is 0 Å². The van der Waals surface area contributed by atoms with E-state index in [9.17, 15) is 0 Å². The lowest BCUT2D eigenvalue weighted by Gasteiger charge is -2.09. The Labute approximate surface area is 85.3 Å². The lowest BCUT2D eigenvalue weighted by atomic mass is 10.2. The summed E-state index contributed by atoms with van der Waals surface area (Å²) in [5.74, 6) is 0.581. The summed E-state index contributed by atoms with van der Waals surface area (Å²) in [5.41, 5.74) is 0.943. The van der Waals surface area contributed by atoms with Gasteiger partial charge in [0.05, 0.1) is 13.2 Å². The van der Waals surface area contributed by atoms with Crippen LogP contribution in [0.25, 0.3) is 0 Å². The van der Waals surface area contributed by atoms with Crippen molar-refractivity contribution >= 4 is 0 Å². The van der Waals surface area contributed by atoms with E-state index in [-0.39, 0.29) is 6.61 Å². The third-order valence-corrected chi connectivity index (χ3v) is 2.01. The summed E-state index contributed by atoms with van der Waals surface area (Å²) in [6.45, 7) is 6.69. The molecule has 0 atom stereocenters. The molecule has 1 N–H and O–H groups in total. The molecule has 0 aromatic carbocycles. The number of aliphatic hydroxyl groups is 1. The summed E-state index contributed by atoms with van der Waals surface area (Å²) in [6, 6.07) is 3.86. The maximum absolute atomic E-state index is 8.99. The van der Waals surface area contributed by atoms with Gasteiger partial charge < -0.3 is 14.4 Å². The topological polar surface area (TPSA) is 34.4 Å². The Morgan fingerprint density at radius 2 is 2.29 bits per heavy atom. The van der Waals surface area contributed by atoms with E-state index in [4.69, 9.17) is 9.84 Å². The van der Waals surface area contributed by atoms with E-state index in [2.05, 4.69) is 13.8 Å².